The van der Waals surface area contributed by atoms with Crippen LogP contribution in [0.4, 0.5) is 14.5 Å². The molecule has 3 rings (SSSR count). The van der Waals surface area contributed by atoms with Crippen LogP contribution in [0.2, 0.25) is 0 Å². The summed E-state index contributed by atoms with van der Waals surface area (Å²) in [5, 5.41) is 2.75. The van der Waals surface area contributed by atoms with E-state index in [2.05, 4.69) is 5.32 Å². The zero-order valence-electron chi connectivity index (χ0n) is 22.6. The van der Waals surface area contributed by atoms with Crippen LogP contribution >= 0.6 is 0 Å². The van der Waals surface area contributed by atoms with E-state index < -0.39 is 46.1 Å². The predicted molar refractivity (Wildman–Crippen MR) is 148 cm³/mol. The van der Waals surface area contributed by atoms with Crippen molar-refractivity contribution < 1.29 is 31.5 Å². The largest absolute Gasteiger partial charge is 0.494 e. The van der Waals surface area contributed by atoms with Gasteiger partial charge in [0.15, 0.2) is 0 Å². The van der Waals surface area contributed by atoms with Gasteiger partial charge in [0.05, 0.1) is 17.2 Å². The van der Waals surface area contributed by atoms with E-state index in [0.29, 0.717) is 30.9 Å². The molecule has 2 amide bonds. The fourth-order valence-electron chi connectivity index (χ4n) is 3.90. The highest BCUT2D eigenvalue weighted by atomic mass is 32.2. The number of carbonyl (C=O) groups excluding carboxylic acids is 2. The third-order valence-corrected chi connectivity index (χ3v) is 7.89. The highest BCUT2D eigenvalue weighted by molar-refractivity contribution is 7.92. The molecule has 0 heterocycles. The smallest absolute Gasteiger partial charge is 0.264 e. The van der Waals surface area contributed by atoms with Crippen molar-refractivity contribution in [2.24, 2.45) is 0 Å². The summed E-state index contributed by atoms with van der Waals surface area (Å²) in [5.74, 6) is -1.63. The monoisotopic (exact) mass is 573 g/mol. The Hall–Kier alpha value is -3.99. The first-order valence-corrected chi connectivity index (χ1v) is 14.3. The SMILES string of the molecule is CCCNC(=O)[C@@H](C)N(Cc1ccc(F)cc1)C(=O)CN(c1ccc(OCC)cc1)S(=O)(=O)c1ccc(F)cc1. The second-order valence-corrected chi connectivity index (χ2v) is 10.9. The second kappa shape index (κ2) is 13.9. The summed E-state index contributed by atoms with van der Waals surface area (Å²) in [6, 6.07) is 14.9. The number of hydrogen-bond donors (Lipinski definition) is 1. The molecule has 11 heteroatoms. The molecule has 0 unspecified atom stereocenters. The van der Waals surface area contributed by atoms with Gasteiger partial charge in [-0.2, -0.15) is 0 Å². The number of ether oxygens (including phenoxy) is 1. The van der Waals surface area contributed by atoms with Crippen LogP contribution in [0.1, 0.15) is 32.8 Å². The van der Waals surface area contributed by atoms with Crippen molar-refractivity contribution in [3.05, 3.63) is 90.0 Å². The number of halogens is 2. The Labute approximate surface area is 233 Å². The van der Waals surface area contributed by atoms with E-state index in [1.54, 1.807) is 19.1 Å². The number of amides is 2. The molecule has 40 heavy (non-hydrogen) atoms. The predicted octanol–water partition coefficient (Wildman–Crippen LogP) is 4.50. The van der Waals surface area contributed by atoms with Crippen molar-refractivity contribution in [1.82, 2.24) is 10.2 Å². The van der Waals surface area contributed by atoms with Crippen LogP contribution in [-0.2, 0) is 26.2 Å². The highest BCUT2D eigenvalue weighted by Crippen LogP contribution is 2.27. The van der Waals surface area contributed by atoms with Gasteiger partial charge in [0.25, 0.3) is 10.0 Å². The van der Waals surface area contributed by atoms with Crippen LogP contribution in [0, 0.1) is 11.6 Å². The molecule has 0 aromatic heterocycles. The van der Waals surface area contributed by atoms with Gasteiger partial charge in [-0.3, -0.25) is 13.9 Å². The molecule has 0 fully saturated rings. The fraction of sp³-hybridized carbons (Fsp3) is 0.310. The topological polar surface area (TPSA) is 96.0 Å². The van der Waals surface area contributed by atoms with E-state index in [0.717, 1.165) is 28.6 Å². The Balaban J connectivity index is 2.01. The van der Waals surface area contributed by atoms with Crippen molar-refractivity contribution in [2.75, 3.05) is 24.0 Å². The second-order valence-electron chi connectivity index (χ2n) is 9.01. The maximum atomic E-state index is 13.8. The van der Waals surface area contributed by atoms with E-state index >= 15 is 0 Å². The van der Waals surface area contributed by atoms with Crippen LogP contribution < -0.4 is 14.4 Å². The standard InChI is InChI=1S/C29H33F2N3O5S/c1-4-18-32-29(36)21(3)33(19-22-6-8-23(30)9-7-22)28(35)20-34(25-12-14-26(15-13-25)39-5-2)40(37,38)27-16-10-24(31)11-17-27/h6-17,21H,4-5,18-20H2,1-3H3,(H,32,36)/t21-/m1/s1. The molecule has 3 aromatic carbocycles. The number of rotatable bonds is 13. The number of anilines is 1. The van der Waals surface area contributed by atoms with Gasteiger partial charge in [0.2, 0.25) is 11.8 Å². The maximum Gasteiger partial charge on any atom is 0.264 e. The first kappa shape index (κ1) is 30.6. The van der Waals surface area contributed by atoms with Crippen molar-refractivity contribution in [3.63, 3.8) is 0 Å². The van der Waals surface area contributed by atoms with Crippen LogP contribution in [0.25, 0.3) is 0 Å². The van der Waals surface area contributed by atoms with Crippen LogP contribution in [0.5, 0.6) is 5.75 Å². The van der Waals surface area contributed by atoms with Gasteiger partial charge in [0.1, 0.15) is 30.0 Å². The lowest BCUT2D eigenvalue weighted by molar-refractivity contribution is -0.139. The van der Waals surface area contributed by atoms with Gasteiger partial charge in [0, 0.05) is 13.1 Å². The Morgan fingerprint density at radius 3 is 2.02 bits per heavy atom. The van der Waals surface area contributed by atoms with E-state index in [1.807, 2.05) is 13.8 Å². The minimum Gasteiger partial charge on any atom is -0.494 e. The number of nitrogens with one attached hydrogen (secondary N) is 1. The number of sulfonamides is 1. The summed E-state index contributed by atoms with van der Waals surface area (Å²) in [6.07, 6.45) is 0.686. The van der Waals surface area contributed by atoms with Crippen molar-refractivity contribution in [3.8, 4) is 5.75 Å². The summed E-state index contributed by atoms with van der Waals surface area (Å²) in [6.45, 7) is 5.34. The minimum absolute atomic E-state index is 0.0620. The molecular weight excluding hydrogens is 540 g/mol. The Kier molecular flexibility index (Phi) is 10.6. The lowest BCUT2D eigenvalue weighted by Crippen LogP contribution is -2.51. The fourth-order valence-corrected chi connectivity index (χ4v) is 5.32. The lowest BCUT2D eigenvalue weighted by Gasteiger charge is -2.32. The molecule has 0 saturated carbocycles. The van der Waals surface area contributed by atoms with E-state index in [-0.39, 0.29) is 17.1 Å². The van der Waals surface area contributed by atoms with Crippen LogP contribution in [0.3, 0.4) is 0 Å². The molecule has 3 aromatic rings. The van der Waals surface area contributed by atoms with Gasteiger partial charge >= 0.3 is 0 Å². The molecule has 8 nitrogen and oxygen atoms in total. The molecule has 0 aliphatic carbocycles. The van der Waals surface area contributed by atoms with E-state index in [9.17, 15) is 26.8 Å². The molecule has 0 aliphatic rings. The molecule has 214 valence electrons. The highest BCUT2D eigenvalue weighted by Gasteiger charge is 2.32. The van der Waals surface area contributed by atoms with Crippen molar-refractivity contribution in [1.29, 1.82) is 0 Å². The third kappa shape index (κ3) is 7.78. The number of carbonyl (C=O) groups is 2. The van der Waals surface area contributed by atoms with E-state index in [1.165, 1.54) is 41.3 Å². The Bertz CT molecular complexity index is 1380. The third-order valence-electron chi connectivity index (χ3n) is 6.10. The van der Waals surface area contributed by atoms with Gasteiger partial charge in [-0.15, -0.1) is 0 Å². The zero-order valence-corrected chi connectivity index (χ0v) is 23.5. The molecule has 0 bridgehead atoms. The molecule has 1 atom stereocenters. The average molecular weight is 574 g/mol. The zero-order chi connectivity index (χ0) is 29.3. The van der Waals surface area contributed by atoms with Gasteiger partial charge in [-0.25, -0.2) is 17.2 Å². The lowest BCUT2D eigenvalue weighted by atomic mass is 10.1. The summed E-state index contributed by atoms with van der Waals surface area (Å²) in [7, 11) is -4.33. The number of benzene rings is 3. The quantitative estimate of drug-likeness (QED) is 0.325. The molecule has 0 aliphatic heterocycles. The number of nitrogens with zero attached hydrogens (tertiary/aromatic N) is 2. The van der Waals surface area contributed by atoms with Gasteiger partial charge in [-0.1, -0.05) is 19.1 Å². The van der Waals surface area contributed by atoms with Crippen LogP contribution in [-0.4, -0.2) is 50.9 Å². The van der Waals surface area contributed by atoms with Crippen molar-refractivity contribution in [2.45, 2.75) is 44.7 Å². The molecule has 0 saturated heterocycles. The Morgan fingerprint density at radius 1 is 0.900 bits per heavy atom. The molecule has 1 N–H and O–H groups in total. The normalized spacial score (nSPS) is 11.9. The summed E-state index contributed by atoms with van der Waals surface area (Å²) in [4.78, 5) is 27.7. The summed E-state index contributed by atoms with van der Waals surface area (Å²) >= 11 is 0. The molecule has 0 radical (unpaired) electrons. The molecule has 0 spiro atoms. The number of hydrogen-bond acceptors (Lipinski definition) is 5. The van der Waals surface area contributed by atoms with Crippen LogP contribution in [0.15, 0.2) is 77.7 Å². The van der Waals surface area contributed by atoms with Gasteiger partial charge in [-0.05, 0) is 86.5 Å². The van der Waals surface area contributed by atoms with Crippen molar-refractivity contribution >= 4 is 27.5 Å². The first-order valence-electron chi connectivity index (χ1n) is 12.9. The van der Waals surface area contributed by atoms with E-state index in [4.69, 9.17) is 4.74 Å². The average Bonchev–Trinajstić information content (AvgIpc) is 2.94. The molecular formula is C29H33F2N3O5S. The van der Waals surface area contributed by atoms with Gasteiger partial charge < -0.3 is 15.0 Å². The minimum atomic E-state index is -4.33. The summed E-state index contributed by atoms with van der Waals surface area (Å²) < 4.78 is 60.9. The first-order chi connectivity index (χ1) is 19.1. The maximum absolute atomic E-state index is 13.8. The summed E-state index contributed by atoms with van der Waals surface area (Å²) in [5.41, 5.74) is 0.727. The Morgan fingerprint density at radius 2 is 1.48 bits per heavy atom.